The third-order valence-electron chi connectivity index (χ3n) is 5.19. The molecule has 1 heterocycles. The van der Waals surface area contributed by atoms with Crippen molar-refractivity contribution in [3.8, 4) is 0 Å². The fraction of sp³-hybridized carbons (Fsp3) is 0.619. The van der Waals surface area contributed by atoms with Gasteiger partial charge in [-0.2, -0.15) is 0 Å². The fourth-order valence-electron chi connectivity index (χ4n) is 3.56. The minimum Gasteiger partial charge on any atom is -0.469 e. The summed E-state index contributed by atoms with van der Waals surface area (Å²) in [5.74, 6) is 0.426. The molecule has 29 heavy (non-hydrogen) atoms. The van der Waals surface area contributed by atoms with Gasteiger partial charge in [0.05, 0.1) is 25.3 Å². The summed E-state index contributed by atoms with van der Waals surface area (Å²) in [5, 5.41) is 3.30. The van der Waals surface area contributed by atoms with E-state index in [1.54, 1.807) is 6.07 Å². The molecule has 0 radical (unpaired) electrons. The Morgan fingerprint density at radius 2 is 1.93 bits per heavy atom. The molecule has 0 saturated carbocycles. The van der Waals surface area contributed by atoms with Crippen LogP contribution in [0.3, 0.4) is 0 Å². The van der Waals surface area contributed by atoms with Gasteiger partial charge in [-0.15, -0.1) is 24.0 Å². The molecular weight excluding hydrogens is 486 g/mol. The molecule has 0 spiro atoms. The summed E-state index contributed by atoms with van der Waals surface area (Å²) in [4.78, 5) is 20.5. The number of benzene rings is 1. The molecule has 0 aliphatic carbocycles. The number of halogens is 2. The summed E-state index contributed by atoms with van der Waals surface area (Å²) in [6.45, 7) is 10.3. The van der Waals surface area contributed by atoms with Crippen molar-refractivity contribution in [1.82, 2.24) is 10.2 Å². The van der Waals surface area contributed by atoms with Crippen LogP contribution in [0.2, 0.25) is 0 Å². The van der Waals surface area contributed by atoms with Crippen LogP contribution in [0.5, 0.6) is 0 Å². The summed E-state index contributed by atoms with van der Waals surface area (Å²) in [7, 11) is 1.44. The van der Waals surface area contributed by atoms with Crippen molar-refractivity contribution in [2.24, 2.45) is 10.9 Å². The molecule has 1 aromatic rings. The number of methoxy groups -OCH3 is 1. The lowest BCUT2D eigenvalue weighted by Crippen LogP contribution is -2.46. The molecular formula is C21H34FIN4O2. The van der Waals surface area contributed by atoms with Gasteiger partial charge < -0.3 is 19.9 Å². The monoisotopic (exact) mass is 520 g/mol. The lowest BCUT2D eigenvalue weighted by Gasteiger charge is -2.33. The first-order valence-corrected chi connectivity index (χ1v) is 10.2. The van der Waals surface area contributed by atoms with E-state index < -0.39 is 0 Å². The summed E-state index contributed by atoms with van der Waals surface area (Å²) in [5.41, 5.74) is 1.47. The molecule has 8 heteroatoms. The number of hydrogen-bond acceptors (Lipinski definition) is 4. The Kier molecular flexibility index (Phi) is 11.3. The normalized spacial score (nSPS) is 14.9. The second-order valence-electron chi connectivity index (χ2n) is 6.91. The number of hydrogen-bond donors (Lipinski definition) is 1. The van der Waals surface area contributed by atoms with E-state index >= 15 is 0 Å². The highest BCUT2D eigenvalue weighted by Gasteiger charge is 2.26. The summed E-state index contributed by atoms with van der Waals surface area (Å²) in [6.07, 6.45) is 1.51. The molecule has 1 aliphatic rings. The number of piperidine rings is 1. The first-order chi connectivity index (χ1) is 13.5. The van der Waals surface area contributed by atoms with Crippen molar-refractivity contribution >= 4 is 41.6 Å². The van der Waals surface area contributed by atoms with Crippen LogP contribution in [0.1, 0.15) is 39.2 Å². The zero-order valence-corrected chi connectivity index (χ0v) is 20.2. The van der Waals surface area contributed by atoms with E-state index in [9.17, 15) is 9.18 Å². The first kappa shape index (κ1) is 25.5. The van der Waals surface area contributed by atoms with Gasteiger partial charge in [0.15, 0.2) is 5.96 Å². The van der Waals surface area contributed by atoms with Crippen molar-refractivity contribution < 1.29 is 13.9 Å². The SMILES string of the molecule is CCNC(=NCc1ccc(N(CC)CC)c(F)c1)N1CCC(C(=O)OC)CC1.I. The number of carbonyl (C=O) groups is 1. The summed E-state index contributed by atoms with van der Waals surface area (Å²) < 4.78 is 19.3. The van der Waals surface area contributed by atoms with E-state index in [1.807, 2.05) is 37.8 Å². The summed E-state index contributed by atoms with van der Waals surface area (Å²) >= 11 is 0. The Labute approximate surface area is 190 Å². The van der Waals surface area contributed by atoms with Gasteiger partial charge in [0.1, 0.15) is 5.82 Å². The highest BCUT2D eigenvalue weighted by Crippen LogP contribution is 2.21. The number of likely N-dealkylation sites (tertiary alicyclic amines) is 1. The van der Waals surface area contributed by atoms with Gasteiger partial charge in [-0.3, -0.25) is 4.79 Å². The van der Waals surface area contributed by atoms with E-state index in [4.69, 9.17) is 4.74 Å². The zero-order chi connectivity index (χ0) is 20.5. The van der Waals surface area contributed by atoms with Crippen LogP contribution in [0, 0.1) is 11.7 Å². The molecule has 1 saturated heterocycles. The second-order valence-corrected chi connectivity index (χ2v) is 6.91. The van der Waals surface area contributed by atoms with E-state index in [1.165, 1.54) is 7.11 Å². The van der Waals surface area contributed by atoms with E-state index in [2.05, 4.69) is 15.2 Å². The molecule has 2 rings (SSSR count). The maximum Gasteiger partial charge on any atom is 0.308 e. The van der Waals surface area contributed by atoms with Crippen LogP contribution in [-0.2, 0) is 16.1 Å². The number of rotatable bonds is 7. The molecule has 1 N–H and O–H groups in total. The predicted octanol–water partition coefficient (Wildman–Crippen LogP) is 3.64. The van der Waals surface area contributed by atoms with E-state index in [-0.39, 0.29) is 41.7 Å². The molecule has 0 atom stereocenters. The second kappa shape index (κ2) is 12.9. The Hall–Kier alpha value is -1.58. The van der Waals surface area contributed by atoms with Gasteiger partial charge >= 0.3 is 5.97 Å². The average molecular weight is 520 g/mol. The quantitative estimate of drug-likeness (QED) is 0.258. The van der Waals surface area contributed by atoms with E-state index in [0.29, 0.717) is 12.2 Å². The van der Waals surface area contributed by atoms with Crippen LogP contribution in [0.25, 0.3) is 0 Å². The Balaban J connectivity index is 0.00000420. The maximum atomic E-state index is 14.5. The largest absolute Gasteiger partial charge is 0.469 e. The Morgan fingerprint density at radius 3 is 2.45 bits per heavy atom. The average Bonchev–Trinajstić information content (AvgIpc) is 2.72. The van der Waals surface area contributed by atoms with Crippen molar-refractivity contribution in [3.63, 3.8) is 0 Å². The van der Waals surface area contributed by atoms with E-state index in [0.717, 1.165) is 57.1 Å². The molecule has 1 aliphatic heterocycles. The Bertz CT molecular complexity index is 675. The van der Waals surface area contributed by atoms with Gasteiger partial charge in [0.25, 0.3) is 0 Å². The van der Waals surface area contributed by atoms with Crippen molar-refractivity contribution in [3.05, 3.63) is 29.6 Å². The minimum absolute atomic E-state index is 0. The lowest BCUT2D eigenvalue weighted by atomic mass is 9.97. The number of nitrogens with zero attached hydrogens (tertiary/aromatic N) is 3. The van der Waals surface area contributed by atoms with Crippen LogP contribution in [0.15, 0.2) is 23.2 Å². The van der Waals surface area contributed by atoms with Gasteiger partial charge in [-0.05, 0) is 51.3 Å². The molecule has 0 bridgehead atoms. The summed E-state index contributed by atoms with van der Waals surface area (Å²) in [6, 6.07) is 5.35. The smallest absolute Gasteiger partial charge is 0.308 e. The number of ether oxygens (including phenoxy) is 1. The van der Waals surface area contributed by atoms with Crippen LogP contribution >= 0.6 is 24.0 Å². The number of aliphatic imine (C=N–C) groups is 1. The number of anilines is 1. The number of guanidine groups is 1. The maximum absolute atomic E-state index is 14.5. The number of esters is 1. The number of carbonyl (C=O) groups excluding carboxylic acids is 1. The van der Waals surface area contributed by atoms with Gasteiger partial charge in [0, 0.05) is 32.7 Å². The first-order valence-electron chi connectivity index (χ1n) is 10.2. The minimum atomic E-state index is -0.208. The molecule has 164 valence electrons. The van der Waals surface area contributed by atoms with Crippen LogP contribution in [-0.4, -0.2) is 56.7 Å². The predicted molar refractivity (Wildman–Crippen MR) is 127 cm³/mol. The van der Waals surface area contributed by atoms with Crippen LogP contribution in [0.4, 0.5) is 10.1 Å². The third kappa shape index (κ3) is 7.01. The highest BCUT2D eigenvalue weighted by atomic mass is 127. The van der Waals surface area contributed by atoms with Crippen molar-refractivity contribution in [1.29, 1.82) is 0 Å². The molecule has 0 unspecified atom stereocenters. The lowest BCUT2D eigenvalue weighted by molar-refractivity contribution is -0.146. The standard InChI is InChI=1S/C21H33FN4O2.HI/c1-5-23-21(26-12-10-17(11-13-26)20(27)28-4)24-15-16-8-9-19(18(22)14-16)25(6-2)7-3;/h8-9,14,17H,5-7,10-13,15H2,1-4H3,(H,23,24);1H. The molecule has 1 aromatic carbocycles. The van der Waals surface area contributed by atoms with Crippen LogP contribution < -0.4 is 10.2 Å². The Morgan fingerprint density at radius 1 is 1.28 bits per heavy atom. The molecule has 1 fully saturated rings. The topological polar surface area (TPSA) is 57.2 Å². The third-order valence-corrected chi connectivity index (χ3v) is 5.19. The van der Waals surface area contributed by atoms with Crippen molar-refractivity contribution in [2.45, 2.75) is 40.2 Å². The zero-order valence-electron chi connectivity index (χ0n) is 17.9. The van der Waals surface area contributed by atoms with Gasteiger partial charge in [0.2, 0.25) is 0 Å². The molecule has 6 nitrogen and oxygen atoms in total. The van der Waals surface area contributed by atoms with Gasteiger partial charge in [-0.1, -0.05) is 6.07 Å². The van der Waals surface area contributed by atoms with Gasteiger partial charge in [-0.25, -0.2) is 9.38 Å². The fourth-order valence-corrected chi connectivity index (χ4v) is 3.56. The molecule has 0 amide bonds. The van der Waals surface area contributed by atoms with Crippen molar-refractivity contribution in [2.75, 3.05) is 44.7 Å². The highest BCUT2D eigenvalue weighted by molar-refractivity contribution is 14.0. The molecule has 0 aromatic heterocycles. The number of nitrogens with one attached hydrogen (secondary N) is 1.